The molecule has 1 saturated heterocycles. The summed E-state index contributed by atoms with van der Waals surface area (Å²) in [6.45, 7) is 1.44. The first-order chi connectivity index (χ1) is 8.56. The second-order valence-corrected chi connectivity index (χ2v) is 5.17. The molecule has 2 heterocycles. The third-order valence-corrected chi connectivity index (χ3v) is 3.63. The topological polar surface area (TPSA) is 95.7 Å². The van der Waals surface area contributed by atoms with E-state index in [-0.39, 0.29) is 18.6 Å². The molecular formula is C11H15N3O3S. The van der Waals surface area contributed by atoms with Crippen LogP contribution in [-0.4, -0.2) is 47.6 Å². The van der Waals surface area contributed by atoms with Gasteiger partial charge in [-0.2, -0.15) is 0 Å². The summed E-state index contributed by atoms with van der Waals surface area (Å²) < 4.78 is 0. The molecule has 6 nitrogen and oxygen atoms in total. The van der Waals surface area contributed by atoms with Crippen molar-refractivity contribution < 1.29 is 14.7 Å². The molecule has 18 heavy (non-hydrogen) atoms. The lowest BCUT2D eigenvalue weighted by Gasteiger charge is -2.14. The first kappa shape index (κ1) is 13.0. The van der Waals surface area contributed by atoms with Crippen molar-refractivity contribution in [1.29, 1.82) is 0 Å². The number of nitrogens with two attached hydrogens (primary N) is 1. The van der Waals surface area contributed by atoms with E-state index in [0.29, 0.717) is 30.1 Å². The Morgan fingerprint density at radius 1 is 1.61 bits per heavy atom. The van der Waals surface area contributed by atoms with E-state index in [1.165, 1.54) is 11.3 Å². The molecular weight excluding hydrogens is 254 g/mol. The zero-order valence-corrected chi connectivity index (χ0v) is 10.6. The van der Waals surface area contributed by atoms with Gasteiger partial charge in [-0.15, -0.1) is 11.3 Å². The molecule has 1 atom stereocenters. The highest BCUT2D eigenvalue weighted by atomic mass is 32.1. The second kappa shape index (κ2) is 5.47. The Bertz CT molecular complexity index is 460. The van der Waals surface area contributed by atoms with E-state index in [0.717, 1.165) is 0 Å². The van der Waals surface area contributed by atoms with Crippen molar-refractivity contribution in [2.45, 2.75) is 12.5 Å². The van der Waals surface area contributed by atoms with Gasteiger partial charge in [-0.3, -0.25) is 14.5 Å². The highest BCUT2D eigenvalue weighted by Crippen LogP contribution is 2.22. The molecule has 1 aromatic heterocycles. The standard InChI is InChI=1S/C11H15N3O3S/c12-10(17)8-2-4-18-11(8)13-9(16)6-14-3-1-7(15)5-14/h2,4,7,15H,1,3,5-6H2,(H2,12,17)(H,13,16)/t7-/m1/s1. The zero-order chi connectivity index (χ0) is 13.1. The molecule has 1 aliphatic rings. The van der Waals surface area contributed by atoms with Gasteiger partial charge in [0.15, 0.2) is 0 Å². The van der Waals surface area contributed by atoms with Gasteiger partial charge in [0.2, 0.25) is 5.91 Å². The van der Waals surface area contributed by atoms with E-state index in [9.17, 15) is 14.7 Å². The van der Waals surface area contributed by atoms with E-state index in [2.05, 4.69) is 5.32 Å². The van der Waals surface area contributed by atoms with Crippen LogP contribution in [0.15, 0.2) is 11.4 Å². The lowest BCUT2D eigenvalue weighted by atomic mass is 10.3. The third kappa shape index (κ3) is 3.06. The van der Waals surface area contributed by atoms with Gasteiger partial charge in [-0.1, -0.05) is 0 Å². The summed E-state index contributed by atoms with van der Waals surface area (Å²) >= 11 is 1.26. The number of anilines is 1. The summed E-state index contributed by atoms with van der Waals surface area (Å²) in [6.07, 6.45) is 0.347. The van der Waals surface area contributed by atoms with Crippen molar-refractivity contribution in [1.82, 2.24) is 4.90 Å². The third-order valence-electron chi connectivity index (χ3n) is 2.80. The fourth-order valence-electron chi connectivity index (χ4n) is 1.93. The number of primary amides is 1. The SMILES string of the molecule is NC(=O)c1ccsc1NC(=O)CN1CC[C@@H](O)C1. The Hall–Kier alpha value is -1.44. The first-order valence-electron chi connectivity index (χ1n) is 5.64. The lowest BCUT2D eigenvalue weighted by molar-refractivity contribution is -0.117. The van der Waals surface area contributed by atoms with Crippen molar-refractivity contribution in [2.24, 2.45) is 5.73 Å². The minimum absolute atomic E-state index is 0.200. The number of amides is 2. The van der Waals surface area contributed by atoms with Crippen LogP contribution in [0, 0.1) is 0 Å². The number of carbonyl (C=O) groups excluding carboxylic acids is 2. The van der Waals surface area contributed by atoms with Crippen LogP contribution in [0.5, 0.6) is 0 Å². The molecule has 4 N–H and O–H groups in total. The minimum atomic E-state index is -0.553. The molecule has 1 fully saturated rings. The highest BCUT2D eigenvalue weighted by Gasteiger charge is 2.22. The van der Waals surface area contributed by atoms with Crippen LogP contribution in [-0.2, 0) is 4.79 Å². The van der Waals surface area contributed by atoms with Crippen LogP contribution >= 0.6 is 11.3 Å². The molecule has 7 heteroatoms. The van der Waals surface area contributed by atoms with Crippen molar-refractivity contribution in [3.05, 3.63) is 17.0 Å². The molecule has 0 radical (unpaired) electrons. The number of β-amino-alcohol motifs (C(OH)–C–C–N with tert-alkyl or cyclic N) is 1. The van der Waals surface area contributed by atoms with Crippen LogP contribution in [0.4, 0.5) is 5.00 Å². The summed E-state index contributed by atoms with van der Waals surface area (Å²) in [5.74, 6) is -0.753. The normalized spacial score (nSPS) is 19.9. The van der Waals surface area contributed by atoms with E-state index in [1.54, 1.807) is 11.4 Å². The highest BCUT2D eigenvalue weighted by molar-refractivity contribution is 7.14. The lowest BCUT2D eigenvalue weighted by Crippen LogP contribution is -2.32. The number of hydrogen-bond acceptors (Lipinski definition) is 5. The van der Waals surface area contributed by atoms with E-state index in [1.807, 2.05) is 4.90 Å². The van der Waals surface area contributed by atoms with Gasteiger partial charge >= 0.3 is 0 Å². The Morgan fingerprint density at radius 3 is 3.00 bits per heavy atom. The molecule has 2 rings (SSSR count). The first-order valence-corrected chi connectivity index (χ1v) is 6.52. The monoisotopic (exact) mass is 269 g/mol. The van der Waals surface area contributed by atoms with Gasteiger partial charge < -0.3 is 16.2 Å². The van der Waals surface area contributed by atoms with E-state index < -0.39 is 5.91 Å². The average molecular weight is 269 g/mol. The Kier molecular flexibility index (Phi) is 3.95. The van der Waals surface area contributed by atoms with E-state index in [4.69, 9.17) is 5.73 Å². The summed E-state index contributed by atoms with van der Waals surface area (Å²) in [4.78, 5) is 24.7. The van der Waals surface area contributed by atoms with Crippen molar-refractivity contribution >= 4 is 28.2 Å². The predicted octanol–water partition coefficient (Wildman–Crippen LogP) is -0.148. The van der Waals surface area contributed by atoms with Crippen LogP contribution in [0.2, 0.25) is 0 Å². The van der Waals surface area contributed by atoms with Crippen LogP contribution in [0.1, 0.15) is 16.8 Å². The van der Waals surface area contributed by atoms with Gasteiger partial charge in [-0.25, -0.2) is 0 Å². The maximum Gasteiger partial charge on any atom is 0.251 e. The Morgan fingerprint density at radius 2 is 2.39 bits per heavy atom. The fraction of sp³-hybridized carbons (Fsp3) is 0.455. The van der Waals surface area contributed by atoms with Crippen molar-refractivity contribution in [2.75, 3.05) is 25.0 Å². The molecule has 1 aliphatic heterocycles. The molecule has 0 spiro atoms. The largest absolute Gasteiger partial charge is 0.392 e. The smallest absolute Gasteiger partial charge is 0.251 e. The molecule has 0 aliphatic carbocycles. The zero-order valence-electron chi connectivity index (χ0n) is 9.76. The molecule has 2 amide bonds. The molecule has 0 saturated carbocycles. The summed E-state index contributed by atoms with van der Waals surface area (Å²) in [6, 6.07) is 1.59. The predicted molar refractivity (Wildman–Crippen MR) is 68.5 cm³/mol. The number of nitrogens with zero attached hydrogens (tertiary/aromatic N) is 1. The maximum atomic E-state index is 11.8. The maximum absolute atomic E-state index is 11.8. The van der Waals surface area contributed by atoms with Crippen LogP contribution in [0.25, 0.3) is 0 Å². The van der Waals surface area contributed by atoms with Crippen molar-refractivity contribution in [3.8, 4) is 0 Å². The molecule has 1 aromatic rings. The number of aliphatic hydroxyl groups is 1. The van der Waals surface area contributed by atoms with Crippen LogP contribution in [0.3, 0.4) is 0 Å². The molecule has 0 unspecified atom stereocenters. The number of thiophene rings is 1. The quantitative estimate of drug-likeness (QED) is 0.708. The Balaban J connectivity index is 1.91. The minimum Gasteiger partial charge on any atom is -0.392 e. The average Bonchev–Trinajstić information content (AvgIpc) is 2.87. The van der Waals surface area contributed by atoms with Crippen LogP contribution < -0.4 is 11.1 Å². The summed E-state index contributed by atoms with van der Waals surface area (Å²) in [5.41, 5.74) is 5.52. The van der Waals surface area contributed by atoms with Gasteiger partial charge in [-0.05, 0) is 17.9 Å². The van der Waals surface area contributed by atoms with Gasteiger partial charge in [0.05, 0.1) is 18.2 Å². The molecule has 98 valence electrons. The molecule has 0 bridgehead atoms. The number of rotatable bonds is 4. The van der Waals surface area contributed by atoms with Gasteiger partial charge in [0, 0.05) is 13.1 Å². The van der Waals surface area contributed by atoms with Crippen molar-refractivity contribution in [3.63, 3.8) is 0 Å². The Labute approximate surface area is 108 Å². The number of carbonyl (C=O) groups is 2. The second-order valence-electron chi connectivity index (χ2n) is 4.25. The number of aliphatic hydroxyl groups excluding tert-OH is 1. The fourth-order valence-corrected chi connectivity index (χ4v) is 2.73. The van der Waals surface area contributed by atoms with E-state index >= 15 is 0 Å². The molecule has 0 aromatic carbocycles. The summed E-state index contributed by atoms with van der Waals surface area (Å²) in [7, 11) is 0. The summed E-state index contributed by atoms with van der Waals surface area (Å²) in [5, 5.41) is 14.2. The number of likely N-dealkylation sites (tertiary alicyclic amines) is 1. The number of hydrogen-bond donors (Lipinski definition) is 3. The van der Waals surface area contributed by atoms with Gasteiger partial charge in [0.1, 0.15) is 5.00 Å². The van der Waals surface area contributed by atoms with Gasteiger partial charge in [0.25, 0.3) is 5.91 Å². The number of nitrogens with one attached hydrogen (secondary N) is 1.